The Morgan fingerprint density at radius 3 is 2.37 bits per heavy atom. The van der Waals surface area contributed by atoms with E-state index in [-0.39, 0.29) is 12.1 Å². The summed E-state index contributed by atoms with van der Waals surface area (Å²) in [6.07, 6.45) is 7.86. The molecule has 1 aromatic heterocycles. The van der Waals surface area contributed by atoms with Gasteiger partial charge in [0.25, 0.3) is 0 Å². The van der Waals surface area contributed by atoms with E-state index in [1.54, 1.807) is 12.4 Å². The Kier molecular flexibility index (Phi) is 5.68. The third kappa shape index (κ3) is 5.07. The number of amides is 2. The molecule has 2 amide bonds. The first-order valence-corrected chi connectivity index (χ1v) is 10.0. The normalized spacial score (nSPS) is 18.2. The van der Waals surface area contributed by atoms with Crippen molar-refractivity contribution in [2.24, 2.45) is 0 Å². The van der Waals surface area contributed by atoms with E-state index < -0.39 is 0 Å². The van der Waals surface area contributed by atoms with Crippen LogP contribution in [0.15, 0.2) is 54.9 Å². The van der Waals surface area contributed by atoms with Crippen LogP contribution in [0.4, 0.5) is 4.79 Å². The molecule has 0 bridgehead atoms. The van der Waals surface area contributed by atoms with E-state index >= 15 is 0 Å². The lowest BCUT2D eigenvalue weighted by atomic mass is 10.0. The van der Waals surface area contributed by atoms with Crippen LogP contribution in [0.5, 0.6) is 0 Å². The summed E-state index contributed by atoms with van der Waals surface area (Å²) in [6, 6.07) is 15.4. The van der Waals surface area contributed by atoms with Crippen molar-refractivity contribution in [1.82, 2.24) is 20.1 Å². The van der Waals surface area contributed by atoms with Crippen molar-refractivity contribution in [3.8, 4) is 0 Å². The number of nitrogens with zero attached hydrogens (tertiary/aromatic N) is 3. The van der Waals surface area contributed by atoms with Crippen molar-refractivity contribution in [2.45, 2.75) is 50.9 Å². The molecule has 5 heteroatoms. The molecule has 5 nitrogen and oxygen atoms in total. The van der Waals surface area contributed by atoms with Gasteiger partial charge in [-0.1, -0.05) is 30.3 Å². The van der Waals surface area contributed by atoms with Gasteiger partial charge in [0.05, 0.1) is 0 Å². The molecular formula is C22H28N4O. The molecule has 2 aliphatic rings. The zero-order chi connectivity index (χ0) is 18.5. The lowest BCUT2D eigenvalue weighted by Crippen LogP contribution is -2.49. The molecule has 2 heterocycles. The number of benzene rings is 1. The second-order valence-electron chi connectivity index (χ2n) is 7.70. The predicted octanol–water partition coefficient (Wildman–Crippen LogP) is 3.42. The number of carbonyl (C=O) groups excluding carboxylic acids is 1. The molecule has 0 radical (unpaired) electrons. The number of hydrogen-bond acceptors (Lipinski definition) is 3. The van der Waals surface area contributed by atoms with Crippen LogP contribution in [0.2, 0.25) is 0 Å². The Labute approximate surface area is 161 Å². The van der Waals surface area contributed by atoms with Crippen molar-refractivity contribution >= 4 is 6.03 Å². The van der Waals surface area contributed by atoms with Gasteiger partial charge in [0.1, 0.15) is 0 Å². The first kappa shape index (κ1) is 18.0. The summed E-state index contributed by atoms with van der Waals surface area (Å²) >= 11 is 0. The highest BCUT2D eigenvalue weighted by atomic mass is 16.2. The van der Waals surface area contributed by atoms with E-state index in [0.717, 1.165) is 50.9 Å². The first-order chi connectivity index (χ1) is 13.3. The summed E-state index contributed by atoms with van der Waals surface area (Å²) in [5, 5.41) is 3.29. The Hall–Kier alpha value is -2.40. The summed E-state index contributed by atoms with van der Waals surface area (Å²) in [5.74, 6) is 0. The van der Waals surface area contributed by atoms with Crippen LogP contribution in [-0.2, 0) is 13.1 Å². The van der Waals surface area contributed by atoms with Gasteiger partial charge in [0, 0.05) is 50.7 Å². The summed E-state index contributed by atoms with van der Waals surface area (Å²) in [7, 11) is 0. The monoisotopic (exact) mass is 364 g/mol. The topological polar surface area (TPSA) is 48.5 Å². The van der Waals surface area contributed by atoms with E-state index in [0.29, 0.717) is 12.6 Å². The molecule has 4 rings (SSSR count). The van der Waals surface area contributed by atoms with Crippen molar-refractivity contribution in [2.75, 3.05) is 13.1 Å². The fraction of sp³-hybridized carbons (Fsp3) is 0.455. The third-order valence-electron chi connectivity index (χ3n) is 5.51. The molecule has 0 atom stereocenters. The fourth-order valence-corrected chi connectivity index (χ4v) is 3.77. The number of piperidine rings is 1. The molecule has 1 aliphatic heterocycles. The first-order valence-electron chi connectivity index (χ1n) is 10.0. The maximum absolute atomic E-state index is 12.9. The van der Waals surface area contributed by atoms with Gasteiger partial charge in [-0.15, -0.1) is 0 Å². The number of rotatable bonds is 6. The largest absolute Gasteiger partial charge is 0.335 e. The highest BCUT2D eigenvalue weighted by Crippen LogP contribution is 2.28. The van der Waals surface area contributed by atoms with Gasteiger partial charge < -0.3 is 10.2 Å². The highest BCUT2D eigenvalue weighted by Gasteiger charge is 2.33. The predicted molar refractivity (Wildman–Crippen MR) is 106 cm³/mol. The Bertz CT molecular complexity index is 724. The van der Waals surface area contributed by atoms with Crippen LogP contribution in [0.3, 0.4) is 0 Å². The molecule has 1 saturated heterocycles. The minimum absolute atomic E-state index is 0.0934. The highest BCUT2D eigenvalue weighted by molar-refractivity contribution is 5.75. The van der Waals surface area contributed by atoms with Crippen LogP contribution in [0.25, 0.3) is 0 Å². The Morgan fingerprint density at radius 1 is 1.00 bits per heavy atom. The number of hydrogen-bond donors (Lipinski definition) is 1. The van der Waals surface area contributed by atoms with Crippen LogP contribution in [-0.4, -0.2) is 46.0 Å². The minimum Gasteiger partial charge on any atom is -0.335 e. The van der Waals surface area contributed by atoms with Crippen LogP contribution in [0.1, 0.15) is 36.8 Å². The summed E-state index contributed by atoms with van der Waals surface area (Å²) in [4.78, 5) is 21.4. The number of carbonyl (C=O) groups is 1. The van der Waals surface area contributed by atoms with Gasteiger partial charge in [-0.25, -0.2) is 4.79 Å². The second-order valence-corrected chi connectivity index (χ2v) is 7.70. The van der Waals surface area contributed by atoms with Gasteiger partial charge in [0.15, 0.2) is 0 Å². The maximum atomic E-state index is 12.9. The van der Waals surface area contributed by atoms with E-state index in [1.807, 2.05) is 17.0 Å². The standard InChI is InChI=1S/C22H28N4O/c27-22(26(21-6-7-21)17-19-8-12-23-13-9-19)24-20-10-14-25(15-11-20)16-18-4-2-1-3-5-18/h1-5,8-9,12-13,20-21H,6-7,10-11,14-17H2,(H,24,27). The number of aromatic nitrogens is 1. The zero-order valence-corrected chi connectivity index (χ0v) is 15.8. The quantitative estimate of drug-likeness (QED) is 0.854. The molecular weight excluding hydrogens is 336 g/mol. The molecule has 2 fully saturated rings. The number of pyridine rings is 1. The molecule has 0 unspecified atom stereocenters. The molecule has 1 N–H and O–H groups in total. The van der Waals surface area contributed by atoms with E-state index in [2.05, 4.69) is 45.5 Å². The average molecular weight is 364 g/mol. The van der Waals surface area contributed by atoms with Gasteiger partial charge in [-0.3, -0.25) is 9.88 Å². The summed E-state index contributed by atoms with van der Waals surface area (Å²) < 4.78 is 0. The van der Waals surface area contributed by atoms with E-state index in [4.69, 9.17) is 0 Å². The van der Waals surface area contributed by atoms with Crippen LogP contribution >= 0.6 is 0 Å². The van der Waals surface area contributed by atoms with Crippen molar-refractivity contribution in [1.29, 1.82) is 0 Å². The zero-order valence-electron chi connectivity index (χ0n) is 15.8. The van der Waals surface area contributed by atoms with Crippen LogP contribution in [0, 0.1) is 0 Å². The summed E-state index contributed by atoms with van der Waals surface area (Å²) in [6.45, 7) is 3.74. The SMILES string of the molecule is O=C(NC1CCN(Cc2ccccc2)CC1)N(Cc1ccncc1)C1CC1. The minimum atomic E-state index is 0.0934. The maximum Gasteiger partial charge on any atom is 0.318 e. The molecule has 27 heavy (non-hydrogen) atoms. The van der Waals surface area contributed by atoms with E-state index in [9.17, 15) is 4.79 Å². The van der Waals surface area contributed by atoms with Gasteiger partial charge in [-0.2, -0.15) is 0 Å². The van der Waals surface area contributed by atoms with Gasteiger partial charge in [0.2, 0.25) is 0 Å². The smallest absolute Gasteiger partial charge is 0.318 e. The molecule has 1 aliphatic carbocycles. The number of urea groups is 1. The summed E-state index contributed by atoms with van der Waals surface area (Å²) in [5.41, 5.74) is 2.50. The lowest BCUT2D eigenvalue weighted by Gasteiger charge is -2.34. The molecule has 1 aromatic carbocycles. The Morgan fingerprint density at radius 2 is 1.70 bits per heavy atom. The lowest BCUT2D eigenvalue weighted by molar-refractivity contribution is 0.165. The molecule has 2 aromatic rings. The van der Waals surface area contributed by atoms with Crippen molar-refractivity contribution in [3.63, 3.8) is 0 Å². The molecule has 1 saturated carbocycles. The second kappa shape index (κ2) is 8.53. The fourth-order valence-electron chi connectivity index (χ4n) is 3.77. The Balaban J connectivity index is 1.27. The van der Waals surface area contributed by atoms with Gasteiger partial charge in [-0.05, 0) is 48.9 Å². The van der Waals surface area contributed by atoms with Crippen LogP contribution < -0.4 is 5.32 Å². The number of nitrogens with one attached hydrogen (secondary N) is 1. The van der Waals surface area contributed by atoms with E-state index in [1.165, 1.54) is 5.56 Å². The number of likely N-dealkylation sites (tertiary alicyclic amines) is 1. The third-order valence-corrected chi connectivity index (χ3v) is 5.51. The van der Waals surface area contributed by atoms with Crippen molar-refractivity contribution < 1.29 is 4.79 Å². The average Bonchev–Trinajstić information content (AvgIpc) is 3.54. The molecule has 0 spiro atoms. The molecule has 142 valence electrons. The van der Waals surface area contributed by atoms with Gasteiger partial charge >= 0.3 is 6.03 Å². The van der Waals surface area contributed by atoms with Crippen molar-refractivity contribution in [3.05, 3.63) is 66.0 Å².